The van der Waals surface area contributed by atoms with Crippen LogP contribution in [0, 0.1) is 0 Å². The van der Waals surface area contributed by atoms with E-state index in [0.29, 0.717) is 13.0 Å². The summed E-state index contributed by atoms with van der Waals surface area (Å²) in [5.41, 5.74) is 0. The van der Waals surface area contributed by atoms with E-state index in [1.54, 1.807) is 0 Å². The van der Waals surface area contributed by atoms with Gasteiger partial charge in [-0.05, 0) is 6.42 Å². The van der Waals surface area contributed by atoms with Gasteiger partial charge in [0.15, 0.2) is 0 Å². The van der Waals surface area contributed by atoms with E-state index in [0.717, 1.165) is 0 Å². The number of carbonyl (C=O) groups is 3. The summed E-state index contributed by atoms with van der Waals surface area (Å²) in [6.45, 7) is 7.93. The third-order valence-electron chi connectivity index (χ3n) is 3.29. The summed E-state index contributed by atoms with van der Waals surface area (Å²) in [6.07, 6.45) is 3.33. The lowest BCUT2D eigenvalue weighted by Crippen LogP contribution is -2.46. The number of nitrogens with zero attached hydrogens (tertiary/aromatic N) is 2. The van der Waals surface area contributed by atoms with Crippen molar-refractivity contribution in [2.45, 2.75) is 17.7 Å². The molecule has 26 heavy (non-hydrogen) atoms. The molecule has 9 nitrogen and oxygen atoms in total. The van der Waals surface area contributed by atoms with Gasteiger partial charge in [-0.1, -0.05) is 25.3 Å². The van der Waals surface area contributed by atoms with Crippen LogP contribution in [0.2, 0.25) is 0 Å². The summed E-state index contributed by atoms with van der Waals surface area (Å²) in [5.74, 6) is -0.300. The Hall–Kier alpha value is -2.49. The molecule has 3 amide bonds. The van der Waals surface area contributed by atoms with Crippen LogP contribution in [0.15, 0.2) is 30.3 Å². The second kappa shape index (κ2) is 12.0. The van der Waals surface area contributed by atoms with Gasteiger partial charge in [-0.15, -0.1) is 0 Å². The highest BCUT2D eigenvalue weighted by atomic mass is 32.1. The number of aliphatic imine (C=N–C) groups is 1. The highest BCUT2D eigenvalue weighted by Crippen LogP contribution is 2.22. The van der Waals surface area contributed by atoms with Crippen LogP contribution >= 0.6 is 12.6 Å². The highest BCUT2D eigenvalue weighted by molar-refractivity contribution is 7.81. The predicted molar refractivity (Wildman–Crippen MR) is 100 cm³/mol. The molecule has 0 radical (unpaired) electrons. The Kier molecular flexibility index (Phi) is 9.91. The van der Waals surface area contributed by atoms with Gasteiger partial charge in [-0.3, -0.25) is 20.0 Å². The fourth-order valence-corrected chi connectivity index (χ4v) is 2.55. The average molecular weight is 384 g/mol. The predicted octanol–water partition coefficient (Wildman–Crippen LogP) is 0.738. The molecular weight excluding hydrogens is 360 g/mol. The molecule has 10 heteroatoms. The van der Waals surface area contributed by atoms with Crippen LogP contribution in [-0.4, -0.2) is 73.5 Å². The molecule has 0 aromatic rings. The van der Waals surface area contributed by atoms with E-state index in [9.17, 15) is 14.4 Å². The molecule has 1 aliphatic rings. The molecule has 1 fully saturated rings. The molecule has 0 bridgehead atoms. The van der Waals surface area contributed by atoms with E-state index in [-0.39, 0.29) is 37.5 Å². The number of hydrogen-bond acceptors (Lipinski definition) is 7. The minimum absolute atomic E-state index is 0.0812. The first-order valence-electron chi connectivity index (χ1n) is 8.02. The molecular formula is C16H24N4O5S. The van der Waals surface area contributed by atoms with Crippen molar-refractivity contribution in [2.75, 3.05) is 32.8 Å². The van der Waals surface area contributed by atoms with Crippen LogP contribution in [0.4, 0.5) is 9.59 Å². The van der Waals surface area contributed by atoms with Crippen molar-refractivity contribution >= 4 is 37.1 Å². The molecule has 1 saturated heterocycles. The van der Waals surface area contributed by atoms with Gasteiger partial charge in [0, 0.05) is 18.3 Å². The number of thiol groups is 1. The van der Waals surface area contributed by atoms with Crippen LogP contribution in [0.5, 0.6) is 0 Å². The van der Waals surface area contributed by atoms with Crippen LogP contribution < -0.4 is 10.6 Å². The Bertz CT molecular complexity index is 555. The van der Waals surface area contributed by atoms with Crippen LogP contribution in [0.25, 0.3) is 0 Å². The minimum atomic E-state index is -0.642. The molecule has 0 aliphatic carbocycles. The Morgan fingerprint density at radius 2 is 1.92 bits per heavy atom. The van der Waals surface area contributed by atoms with Gasteiger partial charge in [0.1, 0.15) is 19.3 Å². The first-order chi connectivity index (χ1) is 12.5. The van der Waals surface area contributed by atoms with Crippen molar-refractivity contribution in [1.82, 2.24) is 15.5 Å². The number of hydrogen-bond donors (Lipinski definition) is 3. The summed E-state index contributed by atoms with van der Waals surface area (Å²) >= 11 is 4.34. The molecule has 1 aliphatic heterocycles. The summed E-state index contributed by atoms with van der Waals surface area (Å²) in [6, 6.07) is -0.634. The van der Waals surface area contributed by atoms with Crippen molar-refractivity contribution in [3.63, 3.8) is 0 Å². The number of amides is 3. The molecule has 144 valence electrons. The SMILES string of the molecule is C=CCOC(=O)NC=NCCNC(=O)[C@@H]1C[C@H](S)CN1C(=O)OCC=C. The lowest BCUT2D eigenvalue weighted by Gasteiger charge is -2.22. The fraction of sp³-hybridized carbons (Fsp3) is 0.500. The van der Waals surface area contributed by atoms with Crippen LogP contribution in [0.1, 0.15) is 6.42 Å². The van der Waals surface area contributed by atoms with Gasteiger partial charge in [0.25, 0.3) is 0 Å². The van der Waals surface area contributed by atoms with Crippen molar-refractivity contribution in [3.8, 4) is 0 Å². The molecule has 0 aromatic carbocycles. The number of alkyl carbamates (subject to hydrolysis) is 1. The lowest BCUT2D eigenvalue weighted by atomic mass is 10.2. The molecule has 1 heterocycles. The summed E-state index contributed by atoms with van der Waals surface area (Å²) in [7, 11) is 0. The van der Waals surface area contributed by atoms with E-state index in [1.807, 2.05) is 0 Å². The molecule has 0 saturated carbocycles. The largest absolute Gasteiger partial charge is 0.445 e. The second-order valence-corrected chi connectivity index (χ2v) is 6.01. The summed E-state index contributed by atoms with van der Waals surface area (Å²) in [4.78, 5) is 40.6. The van der Waals surface area contributed by atoms with E-state index in [2.05, 4.69) is 46.1 Å². The smallest absolute Gasteiger partial charge is 0.412 e. The van der Waals surface area contributed by atoms with Gasteiger partial charge in [0.2, 0.25) is 5.91 Å². The summed E-state index contributed by atoms with van der Waals surface area (Å²) in [5, 5.41) is 4.91. The third-order valence-corrected chi connectivity index (χ3v) is 3.66. The molecule has 0 aromatic heterocycles. The molecule has 1 rings (SSSR count). The number of rotatable bonds is 9. The molecule has 0 spiro atoms. The fourth-order valence-electron chi connectivity index (χ4n) is 2.18. The maximum atomic E-state index is 12.3. The second-order valence-electron chi connectivity index (χ2n) is 5.28. The number of likely N-dealkylation sites (tertiary alicyclic amines) is 1. The average Bonchev–Trinajstić information content (AvgIpc) is 3.02. The Morgan fingerprint density at radius 3 is 2.62 bits per heavy atom. The van der Waals surface area contributed by atoms with Gasteiger partial charge in [-0.25, -0.2) is 9.59 Å². The van der Waals surface area contributed by atoms with Gasteiger partial charge >= 0.3 is 12.2 Å². The topological polar surface area (TPSA) is 109 Å². The monoisotopic (exact) mass is 384 g/mol. The lowest BCUT2D eigenvalue weighted by molar-refractivity contribution is -0.125. The minimum Gasteiger partial charge on any atom is -0.445 e. The first kappa shape index (κ1) is 21.6. The quantitative estimate of drug-likeness (QED) is 0.179. The normalized spacial score (nSPS) is 19.0. The van der Waals surface area contributed by atoms with E-state index in [4.69, 9.17) is 4.74 Å². The number of carbonyl (C=O) groups excluding carboxylic acids is 3. The van der Waals surface area contributed by atoms with Crippen molar-refractivity contribution in [2.24, 2.45) is 4.99 Å². The molecule has 2 atom stereocenters. The van der Waals surface area contributed by atoms with E-state index >= 15 is 0 Å². The number of nitrogens with one attached hydrogen (secondary N) is 2. The van der Waals surface area contributed by atoms with Crippen molar-refractivity contribution in [3.05, 3.63) is 25.3 Å². The van der Waals surface area contributed by atoms with Crippen LogP contribution in [-0.2, 0) is 14.3 Å². The van der Waals surface area contributed by atoms with Gasteiger partial charge in [0.05, 0.1) is 12.9 Å². The molecule has 0 unspecified atom stereocenters. The zero-order chi connectivity index (χ0) is 19.4. The van der Waals surface area contributed by atoms with Gasteiger partial charge in [-0.2, -0.15) is 12.6 Å². The van der Waals surface area contributed by atoms with Gasteiger partial charge < -0.3 is 14.8 Å². The zero-order valence-electron chi connectivity index (χ0n) is 14.4. The Morgan fingerprint density at radius 1 is 1.23 bits per heavy atom. The maximum Gasteiger partial charge on any atom is 0.412 e. The highest BCUT2D eigenvalue weighted by Gasteiger charge is 2.38. The Labute approximate surface area is 157 Å². The zero-order valence-corrected chi connectivity index (χ0v) is 15.3. The van der Waals surface area contributed by atoms with E-state index in [1.165, 1.54) is 23.4 Å². The van der Waals surface area contributed by atoms with E-state index < -0.39 is 18.2 Å². The van der Waals surface area contributed by atoms with Crippen LogP contribution in [0.3, 0.4) is 0 Å². The third kappa shape index (κ3) is 7.60. The molecule has 2 N–H and O–H groups in total. The summed E-state index contributed by atoms with van der Waals surface area (Å²) < 4.78 is 9.67. The van der Waals surface area contributed by atoms with Crippen molar-refractivity contribution < 1.29 is 23.9 Å². The standard InChI is InChI=1S/C16H24N4O5S/c1-3-7-24-15(22)19-11-17-5-6-18-14(21)13-9-12(26)10-20(13)16(23)25-8-4-2/h3-4,11-13,26H,1-2,5-10H2,(H,18,21)(H,17,19,22)/t12-,13-/m0/s1. The van der Waals surface area contributed by atoms with Crippen molar-refractivity contribution in [1.29, 1.82) is 0 Å². The first-order valence-corrected chi connectivity index (χ1v) is 8.53. The maximum absolute atomic E-state index is 12.3. The Balaban J connectivity index is 2.34. The number of ether oxygens (including phenoxy) is 2.